The van der Waals surface area contributed by atoms with Gasteiger partial charge in [0.1, 0.15) is 0 Å². The number of benzene rings is 1. The van der Waals surface area contributed by atoms with Crippen LogP contribution in [0.15, 0.2) is 54.0 Å². The molecule has 0 bridgehead atoms. The van der Waals surface area contributed by atoms with E-state index in [1.54, 1.807) is 0 Å². The molecule has 1 aliphatic carbocycles. The van der Waals surface area contributed by atoms with Gasteiger partial charge in [-0.3, -0.25) is 4.98 Å². The van der Waals surface area contributed by atoms with Crippen molar-refractivity contribution >= 4 is 21.4 Å². The summed E-state index contributed by atoms with van der Waals surface area (Å²) in [6.45, 7) is 2.81. The summed E-state index contributed by atoms with van der Waals surface area (Å²) < 4.78 is 7.75. The number of fused-ring (bicyclic) bond motifs is 1. The van der Waals surface area contributed by atoms with Crippen molar-refractivity contribution in [2.75, 3.05) is 13.2 Å². The van der Waals surface area contributed by atoms with Crippen LogP contribution in [0.1, 0.15) is 56.2 Å². The summed E-state index contributed by atoms with van der Waals surface area (Å²) in [6.07, 6.45) is 10.3. The zero-order valence-corrected chi connectivity index (χ0v) is 17.8. The van der Waals surface area contributed by atoms with Crippen molar-refractivity contribution in [3.05, 3.63) is 65.3 Å². The molecular formula is C25H30N2OS. The zero-order valence-electron chi connectivity index (χ0n) is 17.0. The van der Waals surface area contributed by atoms with Gasteiger partial charge in [0.15, 0.2) is 0 Å². The fourth-order valence-electron chi connectivity index (χ4n) is 5.52. The molecule has 2 fully saturated rings. The van der Waals surface area contributed by atoms with Crippen molar-refractivity contribution in [3.8, 4) is 0 Å². The van der Waals surface area contributed by atoms with Gasteiger partial charge in [-0.2, -0.15) is 0 Å². The van der Waals surface area contributed by atoms with Crippen LogP contribution in [0.2, 0.25) is 0 Å². The summed E-state index contributed by atoms with van der Waals surface area (Å²) >= 11 is 1.84. The highest BCUT2D eigenvalue weighted by Gasteiger charge is 2.48. The average molecular weight is 407 g/mol. The summed E-state index contributed by atoms with van der Waals surface area (Å²) in [6, 6.07) is 15.1. The van der Waals surface area contributed by atoms with Crippen LogP contribution in [0, 0.1) is 0 Å². The minimum Gasteiger partial charge on any atom is -0.375 e. The number of nitrogens with one attached hydrogen (secondary N) is 1. The molecule has 152 valence electrons. The number of nitrogens with zero attached hydrogens (tertiary/aromatic N) is 1. The molecule has 2 aromatic heterocycles. The van der Waals surface area contributed by atoms with Gasteiger partial charge in [0, 0.05) is 35.2 Å². The first-order valence-electron chi connectivity index (χ1n) is 11.0. The Balaban J connectivity index is 1.30. The number of thiophene rings is 1. The lowest BCUT2D eigenvalue weighted by molar-refractivity contribution is -0.104. The molecule has 3 nitrogen and oxygen atoms in total. The van der Waals surface area contributed by atoms with Crippen LogP contribution in [0.3, 0.4) is 0 Å². The smallest absolute Gasteiger partial charge is 0.0691 e. The van der Waals surface area contributed by atoms with Crippen LogP contribution in [-0.4, -0.2) is 23.7 Å². The van der Waals surface area contributed by atoms with Crippen molar-refractivity contribution in [2.24, 2.45) is 0 Å². The number of hydrogen-bond acceptors (Lipinski definition) is 4. The van der Waals surface area contributed by atoms with Gasteiger partial charge in [0.2, 0.25) is 0 Å². The molecule has 1 atom stereocenters. The van der Waals surface area contributed by atoms with Crippen molar-refractivity contribution in [1.29, 1.82) is 0 Å². The minimum atomic E-state index is 0.0966. The van der Waals surface area contributed by atoms with Crippen LogP contribution in [-0.2, 0) is 16.7 Å². The highest BCUT2D eigenvalue weighted by atomic mass is 32.1. The van der Waals surface area contributed by atoms with E-state index >= 15 is 0 Å². The first-order valence-corrected chi connectivity index (χ1v) is 11.9. The van der Waals surface area contributed by atoms with E-state index in [9.17, 15) is 0 Å². The second-order valence-corrected chi connectivity index (χ2v) is 9.76. The van der Waals surface area contributed by atoms with Gasteiger partial charge in [-0.15, -0.1) is 11.3 Å². The molecule has 0 unspecified atom stereocenters. The standard InChI is InChI=1S/C25H30N2OS/c1-2-8-22-21(7-1)20(18-29-22)17-26-15-12-24(23-9-3-6-14-27-23)13-16-28-25(19-24)10-4-5-11-25/h1-3,6-9,14,18,26H,4-5,10-13,15-17,19H2/t24-/m1/s1. The molecule has 1 aromatic carbocycles. The molecule has 1 aliphatic heterocycles. The summed E-state index contributed by atoms with van der Waals surface area (Å²) in [5, 5.41) is 7.43. The Kier molecular flexibility index (Phi) is 5.42. The van der Waals surface area contributed by atoms with Gasteiger partial charge >= 0.3 is 0 Å². The number of aromatic nitrogens is 1. The van der Waals surface area contributed by atoms with Crippen molar-refractivity contribution in [2.45, 2.75) is 62.5 Å². The summed E-state index contributed by atoms with van der Waals surface area (Å²) in [5.74, 6) is 0. The van der Waals surface area contributed by atoms with Crippen LogP contribution < -0.4 is 5.32 Å². The molecular weight excluding hydrogens is 376 g/mol. The Morgan fingerprint density at radius 2 is 1.90 bits per heavy atom. The fraction of sp³-hybridized carbons (Fsp3) is 0.480. The van der Waals surface area contributed by atoms with Gasteiger partial charge < -0.3 is 10.1 Å². The first-order chi connectivity index (χ1) is 14.3. The number of rotatable bonds is 6. The Labute approximate surface area is 177 Å². The van der Waals surface area contributed by atoms with E-state index in [0.717, 1.165) is 39.0 Å². The topological polar surface area (TPSA) is 34.1 Å². The van der Waals surface area contributed by atoms with Crippen LogP contribution in [0.5, 0.6) is 0 Å². The number of hydrogen-bond donors (Lipinski definition) is 1. The Morgan fingerprint density at radius 3 is 2.76 bits per heavy atom. The molecule has 3 aromatic rings. The maximum absolute atomic E-state index is 6.37. The second-order valence-electron chi connectivity index (χ2n) is 8.84. The van der Waals surface area contributed by atoms with Gasteiger partial charge in [0.05, 0.1) is 5.60 Å². The molecule has 4 heteroatoms. The molecule has 2 aliphatic rings. The van der Waals surface area contributed by atoms with E-state index in [2.05, 4.69) is 47.1 Å². The molecule has 29 heavy (non-hydrogen) atoms. The van der Waals surface area contributed by atoms with Gasteiger partial charge in [-0.05, 0) is 73.2 Å². The maximum atomic E-state index is 6.37. The Hall–Kier alpha value is -1.75. The van der Waals surface area contributed by atoms with Crippen LogP contribution >= 0.6 is 11.3 Å². The van der Waals surface area contributed by atoms with E-state index < -0.39 is 0 Å². The Bertz CT molecular complexity index is 948. The molecule has 0 radical (unpaired) electrons. The van der Waals surface area contributed by atoms with Crippen molar-refractivity contribution in [3.63, 3.8) is 0 Å². The lowest BCUT2D eigenvalue weighted by atomic mass is 9.68. The number of pyridine rings is 1. The van der Waals surface area contributed by atoms with E-state index in [1.165, 1.54) is 47.0 Å². The highest BCUT2D eigenvalue weighted by molar-refractivity contribution is 7.17. The Morgan fingerprint density at radius 1 is 1.03 bits per heavy atom. The summed E-state index contributed by atoms with van der Waals surface area (Å²) in [7, 11) is 0. The van der Waals surface area contributed by atoms with E-state index in [0.29, 0.717) is 0 Å². The van der Waals surface area contributed by atoms with E-state index in [-0.39, 0.29) is 11.0 Å². The third-order valence-corrected chi connectivity index (χ3v) is 8.04. The monoisotopic (exact) mass is 406 g/mol. The van der Waals surface area contributed by atoms with Gasteiger partial charge in [-0.25, -0.2) is 0 Å². The average Bonchev–Trinajstić information content (AvgIpc) is 3.39. The van der Waals surface area contributed by atoms with Gasteiger partial charge in [-0.1, -0.05) is 37.1 Å². The molecule has 1 saturated carbocycles. The SMILES string of the molecule is c1ccc([C@]2(CCNCc3csc4ccccc34)CCOC3(CCCC3)C2)nc1. The van der Waals surface area contributed by atoms with Crippen molar-refractivity contribution < 1.29 is 4.74 Å². The normalized spacial score (nSPS) is 23.7. The molecule has 1 N–H and O–H groups in total. The van der Waals surface area contributed by atoms with Crippen LogP contribution in [0.4, 0.5) is 0 Å². The van der Waals surface area contributed by atoms with E-state index in [1.807, 2.05) is 23.6 Å². The largest absolute Gasteiger partial charge is 0.375 e. The maximum Gasteiger partial charge on any atom is 0.0691 e. The quantitative estimate of drug-likeness (QED) is 0.522. The lowest BCUT2D eigenvalue weighted by Crippen LogP contribution is -2.47. The van der Waals surface area contributed by atoms with Crippen molar-refractivity contribution in [1.82, 2.24) is 10.3 Å². The molecule has 0 amide bonds. The predicted octanol–water partition coefficient (Wildman–Crippen LogP) is 5.84. The minimum absolute atomic E-state index is 0.0966. The molecule has 1 spiro atoms. The predicted molar refractivity (Wildman–Crippen MR) is 120 cm³/mol. The highest BCUT2D eigenvalue weighted by Crippen LogP contribution is 2.49. The third kappa shape index (κ3) is 3.86. The summed E-state index contributed by atoms with van der Waals surface area (Å²) in [5.41, 5.74) is 2.90. The van der Waals surface area contributed by atoms with Gasteiger partial charge in [0.25, 0.3) is 0 Å². The third-order valence-electron chi connectivity index (χ3n) is 7.03. The van der Waals surface area contributed by atoms with Crippen LogP contribution in [0.25, 0.3) is 10.1 Å². The second kappa shape index (κ2) is 8.17. The lowest BCUT2D eigenvalue weighted by Gasteiger charge is -2.46. The molecule has 3 heterocycles. The molecule has 5 rings (SSSR count). The summed E-state index contributed by atoms with van der Waals surface area (Å²) in [4.78, 5) is 4.82. The first kappa shape index (κ1) is 19.2. The number of ether oxygens (including phenoxy) is 1. The zero-order chi connectivity index (χ0) is 19.6. The fourth-order valence-corrected chi connectivity index (χ4v) is 6.48. The molecule has 1 saturated heterocycles. The van der Waals surface area contributed by atoms with E-state index in [4.69, 9.17) is 9.72 Å².